The van der Waals surface area contributed by atoms with Gasteiger partial charge < -0.3 is 19.7 Å². The minimum Gasteiger partial charge on any atom is -0.496 e. The Labute approximate surface area is 109 Å². The molecule has 0 bridgehead atoms. The smallest absolute Gasteiger partial charge is 0.121 e. The van der Waals surface area contributed by atoms with E-state index in [1.54, 1.807) is 7.11 Å². The maximum absolute atomic E-state index is 5.72. The number of ether oxygens (including phenoxy) is 2. The molecule has 1 aliphatic heterocycles. The van der Waals surface area contributed by atoms with Gasteiger partial charge in [0.2, 0.25) is 0 Å². The van der Waals surface area contributed by atoms with Crippen LogP contribution < -0.4 is 15.0 Å². The second-order valence-electron chi connectivity index (χ2n) is 4.73. The molecule has 0 radical (unpaired) electrons. The van der Waals surface area contributed by atoms with E-state index in [0.717, 1.165) is 37.6 Å². The Kier molecular flexibility index (Phi) is 4.44. The Balaban J connectivity index is 1.99. The van der Waals surface area contributed by atoms with Crippen molar-refractivity contribution in [2.45, 2.75) is 13.0 Å². The van der Waals surface area contributed by atoms with Crippen molar-refractivity contribution in [1.82, 2.24) is 5.32 Å². The van der Waals surface area contributed by atoms with Gasteiger partial charge in [0.1, 0.15) is 5.75 Å². The predicted octanol–water partition coefficient (Wildman–Crippen LogP) is 1.43. The molecule has 0 aromatic heterocycles. The lowest BCUT2D eigenvalue weighted by Crippen LogP contribution is -2.44. The van der Waals surface area contributed by atoms with E-state index in [0.29, 0.717) is 0 Å². The summed E-state index contributed by atoms with van der Waals surface area (Å²) in [7, 11) is 3.80. The number of rotatable bonds is 4. The monoisotopic (exact) mass is 250 g/mol. The Hall–Kier alpha value is -1.26. The number of likely N-dealkylation sites (N-methyl/N-ethyl adjacent to an activating group) is 1. The van der Waals surface area contributed by atoms with E-state index in [9.17, 15) is 0 Å². The molecule has 4 heteroatoms. The molecular weight excluding hydrogens is 228 g/mol. The maximum atomic E-state index is 5.72. The SMILES string of the molecule is COc1ccc(N(C)CC2CNCCO2)cc1C. The molecule has 1 aromatic carbocycles. The Morgan fingerprint density at radius 1 is 1.50 bits per heavy atom. The van der Waals surface area contributed by atoms with Crippen molar-refractivity contribution in [3.05, 3.63) is 23.8 Å². The molecule has 1 heterocycles. The van der Waals surface area contributed by atoms with Crippen LogP contribution in [0.4, 0.5) is 5.69 Å². The summed E-state index contributed by atoms with van der Waals surface area (Å²) in [6, 6.07) is 6.25. The van der Waals surface area contributed by atoms with Gasteiger partial charge in [0.25, 0.3) is 0 Å². The third kappa shape index (κ3) is 3.15. The zero-order chi connectivity index (χ0) is 13.0. The third-order valence-corrected chi connectivity index (χ3v) is 3.30. The summed E-state index contributed by atoms with van der Waals surface area (Å²) in [5.74, 6) is 0.933. The van der Waals surface area contributed by atoms with E-state index in [2.05, 4.69) is 36.3 Å². The number of nitrogens with one attached hydrogen (secondary N) is 1. The quantitative estimate of drug-likeness (QED) is 0.876. The van der Waals surface area contributed by atoms with E-state index in [-0.39, 0.29) is 6.10 Å². The zero-order valence-electron chi connectivity index (χ0n) is 11.4. The van der Waals surface area contributed by atoms with Crippen LogP contribution in [0.3, 0.4) is 0 Å². The van der Waals surface area contributed by atoms with Crippen LogP contribution in [0.2, 0.25) is 0 Å². The first-order valence-electron chi connectivity index (χ1n) is 6.39. The van der Waals surface area contributed by atoms with Crippen LogP contribution in [0.15, 0.2) is 18.2 Å². The Bertz CT molecular complexity index is 389. The summed E-state index contributed by atoms with van der Waals surface area (Å²) in [6.45, 7) is 5.66. The number of hydrogen-bond donors (Lipinski definition) is 1. The largest absolute Gasteiger partial charge is 0.496 e. The summed E-state index contributed by atoms with van der Waals surface area (Å²) < 4.78 is 11.0. The molecular formula is C14H22N2O2. The van der Waals surface area contributed by atoms with Crippen LogP contribution >= 0.6 is 0 Å². The fraction of sp³-hybridized carbons (Fsp3) is 0.571. The van der Waals surface area contributed by atoms with Gasteiger partial charge in [-0.25, -0.2) is 0 Å². The van der Waals surface area contributed by atoms with E-state index < -0.39 is 0 Å². The van der Waals surface area contributed by atoms with Crippen molar-refractivity contribution < 1.29 is 9.47 Å². The standard InChI is InChI=1S/C14H22N2O2/c1-11-8-12(4-5-14(11)17-3)16(2)10-13-9-15-6-7-18-13/h4-5,8,13,15H,6-7,9-10H2,1-3H3. The Morgan fingerprint density at radius 3 is 2.94 bits per heavy atom. The summed E-state index contributed by atoms with van der Waals surface area (Å²) in [6.07, 6.45) is 0.270. The number of morpholine rings is 1. The minimum atomic E-state index is 0.270. The molecule has 1 unspecified atom stereocenters. The van der Waals surface area contributed by atoms with Crippen molar-refractivity contribution in [3.8, 4) is 5.75 Å². The lowest BCUT2D eigenvalue weighted by atomic mass is 10.2. The Morgan fingerprint density at radius 2 is 2.33 bits per heavy atom. The van der Waals surface area contributed by atoms with Crippen molar-refractivity contribution >= 4 is 5.69 Å². The third-order valence-electron chi connectivity index (χ3n) is 3.30. The summed E-state index contributed by atoms with van der Waals surface area (Å²) in [5, 5.41) is 3.35. The molecule has 1 N–H and O–H groups in total. The molecule has 1 aromatic rings. The van der Waals surface area contributed by atoms with Gasteiger partial charge in [-0.05, 0) is 30.7 Å². The molecule has 1 fully saturated rings. The number of methoxy groups -OCH3 is 1. The molecule has 100 valence electrons. The van der Waals surface area contributed by atoms with E-state index in [1.165, 1.54) is 5.69 Å². The second-order valence-corrected chi connectivity index (χ2v) is 4.73. The second kappa shape index (κ2) is 6.07. The van der Waals surface area contributed by atoms with Crippen molar-refractivity contribution in [1.29, 1.82) is 0 Å². The minimum absolute atomic E-state index is 0.270. The predicted molar refractivity (Wildman–Crippen MR) is 73.6 cm³/mol. The highest BCUT2D eigenvalue weighted by Crippen LogP contribution is 2.23. The van der Waals surface area contributed by atoms with Gasteiger partial charge in [-0.1, -0.05) is 0 Å². The number of hydrogen-bond acceptors (Lipinski definition) is 4. The molecule has 0 saturated carbocycles. The van der Waals surface area contributed by atoms with Gasteiger partial charge in [0.05, 0.1) is 19.8 Å². The number of benzene rings is 1. The average molecular weight is 250 g/mol. The van der Waals surface area contributed by atoms with Gasteiger partial charge in [-0.2, -0.15) is 0 Å². The molecule has 1 atom stereocenters. The zero-order valence-corrected chi connectivity index (χ0v) is 11.4. The maximum Gasteiger partial charge on any atom is 0.121 e. The van der Waals surface area contributed by atoms with Crippen molar-refractivity contribution in [2.24, 2.45) is 0 Å². The normalized spacial score (nSPS) is 19.6. The lowest BCUT2D eigenvalue weighted by molar-refractivity contribution is 0.0340. The molecule has 0 amide bonds. The number of aryl methyl sites for hydroxylation is 1. The van der Waals surface area contributed by atoms with Gasteiger partial charge in [0.15, 0.2) is 0 Å². The van der Waals surface area contributed by atoms with Crippen LogP contribution in [0.25, 0.3) is 0 Å². The van der Waals surface area contributed by atoms with Crippen molar-refractivity contribution in [2.75, 3.05) is 45.3 Å². The first-order chi connectivity index (χ1) is 8.70. The molecule has 2 rings (SSSR count). The van der Waals surface area contributed by atoms with E-state index >= 15 is 0 Å². The van der Waals surface area contributed by atoms with Gasteiger partial charge in [0, 0.05) is 32.4 Å². The van der Waals surface area contributed by atoms with Gasteiger partial charge in [-0.15, -0.1) is 0 Å². The van der Waals surface area contributed by atoms with Crippen LogP contribution in [0.5, 0.6) is 5.75 Å². The highest BCUT2D eigenvalue weighted by atomic mass is 16.5. The first-order valence-corrected chi connectivity index (χ1v) is 6.39. The van der Waals surface area contributed by atoms with Crippen molar-refractivity contribution in [3.63, 3.8) is 0 Å². The molecule has 0 aliphatic carbocycles. The fourth-order valence-corrected chi connectivity index (χ4v) is 2.25. The molecule has 1 aliphatic rings. The summed E-state index contributed by atoms with van der Waals surface area (Å²) in [4.78, 5) is 2.23. The lowest BCUT2D eigenvalue weighted by Gasteiger charge is -2.29. The molecule has 4 nitrogen and oxygen atoms in total. The number of nitrogens with zero attached hydrogens (tertiary/aromatic N) is 1. The molecule has 18 heavy (non-hydrogen) atoms. The average Bonchev–Trinajstić information content (AvgIpc) is 2.39. The van der Waals surface area contributed by atoms with Crippen LogP contribution in [0, 0.1) is 6.92 Å². The van der Waals surface area contributed by atoms with Gasteiger partial charge >= 0.3 is 0 Å². The fourth-order valence-electron chi connectivity index (χ4n) is 2.25. The molecule has 0 spiro atoms. The number of anilines is 1. The highest BCUT2D eigenvalue weighted by molar-refractivity contribution is 5.52. The molecule has 1 saturated heterocycles. The highest BCUT2D eigenvalue weighted by Gasteiger charge is 2.16. The van der Waals surface area contributed by atoms with Crippen LogP contribution in [-0.4, -0.2) is 46.5 Å². The van der Waals surface area contributed by atoms with E-state index in [1.807, 2.05) is 6.07 Å². The van der Waals surface area contributed by atoms with Crippen LogP contribution in [-0.2, 0) is 4.74 Å². The summed E-state index contributed by atoms with van der Waals surface area (Å²) in [5.41, 5.74) is 2.35. The summed E-state index contributed by atoms with van der Waals surface area (Å²) >= 11 is 0. The first kappa shape index (κ1) is 13.2. The van der Waals surface area contributed by atoms with E-state index in [4.69, 9.17) is 9.47 Å². The van der Waals surface area contributed by atoms with Crippen LogP contribution in [0.1, 0.15) is 5.56 Å². The van der Waals surface area contributed by atoms with Gasteiger partial charge in [-0.3, -0.25) is 0 Å². The topological polar surface area (TPSA) is 33.7 Å².